The first kappa shape index (κ1) is 21.2. The van der Waals surface area contributed by atoms with E-state index in [1.807, 2.05) is 54.6 Å². The van der Waals surface area contributed by atoms with E-state index in [0.717, 1.165) is 45.9 Å². The van der Waals surface area contributed by atoms with Crippen molar-refractivity contribution in [1.29, 1.82) is 0 Å². The minimum atomic E-state index is -0.0619. The van der Waals surface area contributed by atoms with Crippen molar-refractivity contribution in [2.75, 3.05) is 18.9 Å². The molecule has 1 fully saturated rings. The SMILES string of the molecule is Nc1nc(-c2ccnc(-c3ccc(C(=O)NC4CCOCC4)cc3)c2)c(-c2ccccn2)s1. The Hall–Kier alpha value is -3.62. The number of ether oxygens (including phenoxy) is 1. The molecule has 8 heteroatoms. The first-order chi connectivity index (χ1) is 16.2. The lowest BCUT2D eigenvalue weighted by atomic mass is 10.0. The smallest absolute Gasteiger partial charge is 0.251 e. The van der Waals surface area contributed by atoms with Gasteiger partial charge in [-0.3, -0.25) is 14.8 Å². The standard InChI is InChI=1S/C25H23N5O2S/c26-25-30-22(23(33-25)20-3-1-2-11-27-20)18-8-12-28-21(15-18)16-4-6-17(7-5-16)24(31)29-19-9-13-32-14-10-19/h1-8,11-12,15,19H,9-10,13-14H2,(H2,26,30)(H,29,31). The highest BCUT2D eigenvalue weighted by Gasteiger charge is 2.18. The van der Waals surface area contributed by atoms with Gasteiger partial charge in [-0.2, -0.15) is 0 Å². The Morgan fingerprint density at radius 3 is 2.52 bits per heavy atom. The molecule has 33 heavy (non-hydrogen) atoms. The minimum absolute atomic E-state index is 0.0619. The monoisotopic (exact) mass is 457 g/mol. The quantitative estimate of drug-likeness (QED) is 0.460. The van der Waals surface area contributed by atoms with Gasteiger partial charge in [0.05, 0.1) is 22.0 Å². The van der Waals surface area contributed by atoms with Gasteiger partial charge in [0, 0.05) is 48.3 Å². The highest BCUT2D eigenvalue weighted by molar-refractivity contribution is 7.19. The Bertz CT molecular complexity index is 1250. The van der Waals surface area contributed by atoms with Crippen LogP contribution < -0.4 is 11.1 Å². The van der Waals surface area contributed by atoms with Crippen LogP contribution in [-0.2, 0) is 4.74 Å². The second-order valence-corrected chi connectivity index (χ2v) is 8.84. The van der Waals surface area contributed by atoms with E-state index in [1.54, 1.807) is 12.4 Å². The van der Waals surface area contributed by atoms with Crippen LogP contribution in [0.25, 0.3) is 33.1 Å². The number of amides is 1. The first-order valence-corrected chi connectivity index (χ1v) is 11.6. The average molecular weight is 458 g/mol. The maximum absolute atomic E-state index is 12.6. The molecule has 3 N–H and O–H groups in total. The summed E-state index contributed by atoms with van der Waals surface area (Å²) in [5.41, 5.74) is 10.9. The van der Waals surface area contributed by atoms with E-state index in [2.05, 4.69) is 20.3 Å². The maximum Gasteiger partial charge on any atom is 0.251 e. The van der Waals surface area contributed by atoms with Crippen LogP contribution in [0.4, 0.5) is 5.13 Å². The van der Waals surface area contributed by atoms with Crippen molar-refractivity contribution in [2.45, 2.75) is 18.9 Å². The molecule has 5 rings (SSSR count). The van der Waals surface area contributed by atoms with Crippen LogP contribution in [0.1, 0.15) is 23.2 Å². The van der Waals surface area contributed by atoms with Gasteiger partial charge in [0.15, 0.2) is 5.13 Å². The number of nitrogen functional groups attached to an aromatic ring is 1. The predicted octanol–water partition coefficient (Wildman–Crippen LogP) is 4.43. The summed E-state index contributed by atoms with van der Waals surface area (Å²) in [4.78, 5) is 27.0. The van der Waals surface area contributed by atoms with Crippen molar-refractivity contribution in [3.8, 4) is 33.1 Å². The van der Waals surface area contributed by atoms with Crippen molar-refractivity contribution in [1.82, 2.24) is 20.3 Å². The molecule has 0 saturated carbocycles. The summed E-state index contributed by atoms with van der Waals surface area (Å²) in [7, 11) is 0. The zero-order valence-corrected chi connectivity index (χ0v) is 18.7. The summed E-state index contributed by atoms with van der Waals surface area (Å²) in [6.07, 6.45) is 5.21. The van der Waals surface area contributed by atoms with E-state index in [1.165, 1.54) is 11.3 Å². The third-order valence-corrected chi connectivity index (χ3v) is 6.48. The molecular weight excluding hydrogens is 434 g/mol. The fourth-order valence-electron chi connectivity index (χ4n) is 3.84. The second kappa shape index (κ2) is 9.48. The molecule has 1 saturated heterocycles. The summed E-state index contributed by atoms with van der Waals surface area (Å²) in [5, 5.41) is 3.58. The molecule has 3 aromatic heterocycles. The number of nitrogens with one attached hydrogen (secondary N) is 1. The van der Waals surface area contributed by atoms with E-state index in [4.69, 9.17) is 10.5 Å². The van der Waals surface area contributed by atoms with Gasteiger partial charge >= 0.3 is 0 Å². The van der Waals surface area contributed by atoms with Gasteiger partial charge in [0.1, 0.15) is 0 Å². The molecule has 166 valence electrons. The average Bonchev–Trinajstić information content (AvgIpc) is 3.27. The van der Waals surface area contributed by atoms with Gasteiger partial charge in [-0.05, 0) is 49.2 Å². The van der Waals surface area contributed by atoms with Gasteiger partial charge in [-0.1, -0.05) is 29.5 Å². The van der Waals surface area contributed by atoms with Gasteiger partial charge in [0.2, 0.25) is 0 Å². The second-order valence-electron chi connectivity index (χ2n) is 7.81. The summed E-state index contributed by atoms with van der Waals surface area (Å²) in [6, 6.07) is 17.3. The number of carbonyl (C=O) groups is 1. The number of hydrogen-bond donors (Lipinski definition) is 2. The molecule has 0 unspecified atom stereocenters. The largest absolute Gasteiger partial charge is 0.381 e. The van der Waals surface area contributed by atoms with Gasteiger partial charge in [-0.15, -0.1) is 0 Å². The zero-order chi connectivity index (χ0) is 22.6. The molecular formula is C25H23N5O2S. The summed E-state index contributed by atoms with van der Waals surface area (Å²) in [6.45, 7) is 1.39. The molecule has 7 nitrogen and oxygen atoms in total. The number of carbonyl (C=O) groups excluding carboxylic acids is 1. The van der Waals surface area contributed by atoms with Crippen LogP contribution in [0.5, 0.6) is 0 Å². The van der Waals surface area contributed by atoms with Gasteiger partial charge in [-0.25, -0.2) is 4.98 Å². The molecule has 4 aromatic rings. The molecule has 0 aliphatic carbocycles. The van der Waals surface area contributed by atoms with E-state index in [-0.39, 0.29) is 11.9 Å². The molecule has 1 aliphatic rings. The number of rotatable bonds is 5. The van der Waals surface area contributed by atoms with E-state index in [9.17, 15) is 4.79 Å². The van der Waals surface area contributed by atoms with Crippen LogP contribution in [-0.4, -0.2) is 40.1 Å². The summed E-state index contributed by atoms with van der Waals surface area (Å²) >= 11 is 1.41. The van der Waals surface area contributed by atoms with Crippen molar-refractivity contribution in [2.24, 2.45) is 0 Å². The first-order valence-electron chi connectivity index (χ1n) is 10.8. The van der Waals surface area contributed by atoms with Crippen LogP contribution in [0.15, 0.2) is 67.0 Å². The Morgan fingerprint density at radius 2 is 1.76 bits per heavy atom. The normalized spacial score (nSPS) is 14.2. The summed E-state index contributed by atoms with van der Waals surface area (Å²) < 4.78 is 5.35. The fourth-order valence-corrected chi connectivity index (χ4v) is 4.67. The Kier molecular flexibility index (Phi) is 6.10. The number of anilines is 1. The predicted molar refractivity (Wildman–Crippen MR) is 130 cm³/mol. The lowest BCUT2D eigenvalue weighted by molar-refractivity contribution is 0.0696. The molecule has 0 bridgehead atoms. The van der Waals surface area contributed by atoms with Crippen molar-refractivity contribution < 1.29 is 9.53 Å². The number of nitrogens with zero attached hydrogens (tertiary/aromatic N) is 3. The maximum atomic E-state index is 12.6. The summed E-state index contributed by atoms with van der Waals surface area (Å²) in [5.74, 6) is -0.0619. The van der Waals surface area contributed by atoms with E-state index in [0.29, 0.717) is 23.9 Å². The number of aromatic nitrogens is 3. The van der Waals surface area contributed by atoms with Crippen molar-refractivity contribution in [3.05, 3.63) is 72.6 Å². The lowest BCUT2D eigenvalue weighted by Crippen LogP contribution is -2.38. The Labute approximate surface area is 195 Å². The molecule has 1 amide bonds. The molecule has 0 spiro atoms. The number of benzene rings is 1. The third-order valence-electron chi connectivity index (χ3n) is 5.57. The third kappa shape index (κ3) is 4.76. The van der Waals surface area contributed by atoms with Crippen molar-refractivity contribution >= 4 is 22.4 Å². The number of nitrogens with two attached hydrogens (primary N) is 1. The molecule has 1 aromatic carbocycles. The van der Waals surface area contributed by atoms with Crippen LogP contribution >= 0.6 is 11.3 Å². The Balaban J connectivity index is 1.38. The number of pyridine rings is 2. The number of thiazole rings is 1. The van der Waals surface area contributed by atoms with Gasteiger partial charge < -0.3 is 15.8 Å². The highest BCUT2D eigenvalue weighted by atomic mass is 32.1. The molecule has 4 heterocycles. The highest BCUT2D eigenvalue weighted by Crippen LogP contribution is 2.37. The zero-order valence-electron chi connectivity index (χ0n) is 17.9. The lowest BCUT2D eigenvalue weighted by Gasteiger charge is -2.23. The van der Waals surface area contributed by atoms with E-state index >= 15 is 0 Å². The molecule has 0 radical (unpaired) electrons. The van der Waals surface area contributed by atoms with Gasteiger partial charge in [0.25, 0.3) is 5.91 Å². The Morgan fingerprint density at radius 1 is 0.970 bits per heavy atom. The van der Waals surface area contributed by atoms with Crippen LogP contribution in [0.3, 0.4) is 0 Å². The fraction of sp³-hybridized carbons (Fsp3) is 0.200. The van der Waals surface area contributed by atoms with Crippen LogP contribution in [0, 0.1) is 0 Å². The molecule has 1 aliphatic heterocycles. The minimum Gasteiger partial charge on any atom is -0.381 e. The molecule has 0 atom stereocenters. The van der Waals surface area contributed by atoms with E-state index < -0.39 is 0 Å². The van der Waals surface area contributed by atoms with Crippen LogP contribution in [0.2, 0.25) is 0 Å². The number of hydrogen-bond acceptors (Lipinski definition) is 7. The topological polar surface area (TPSA) is 103 Å². The van der Waals surface area contributed by atoms with Crippen molar-refractivity contribution in [3.63, 3.8) is 0 Å².